The first-order chi connectivity index (χ1) is 10.2. The number of hydrogen-bond acceptors (Lipinski definition) is 10. The zero-order valence-corrected chi connectivity index (χ0v) is 11.9. The first-order valence-corrected chi connectivity index (χ1v) is 6.88. The Morgan fingerprint density at radius 2 is 1.45 bits per heavy atom. The van der Waals surface area contributed by atoms with Crippen LogP contribution in [0.3, 0.4) is 0 Å². The van der Waals surface area contributed by atoms with E-state index in [1.54, 1.807) is 0 Å². The molecule has 2 rings (SSSR count). The minimum atomic E-state index is -1.82. The first-order valence-electron chi connectivity index (χ1n) is 6.88. The van der Waals surface area contributed by atoms with Gasteiger partial charge in [0.25, 0.3) is 0 Å². The molecule has 0 unspecified atom stereocenters. The van der Waals surface area contributed by atoms with Crippen LogP contribution in [0.15, 0.2) is 0 Å². The maximum absolute atomic E-state index is 9.97. The second-order valence-electron chi connectivity index (χ2n) is 5.61. The summed E-state index contributed by atoms with van der Waals surface area (Å²) in [6.07, 6.45) is -11.6. The Balaban J connectivity index is 2.12. The second-order valence-corrected chi connectivity index (χ2v) is 5.61. The molecule has 0 bridgehead atoms. The predicted molar refractivity (Wildman–Crippen MR) is 67.2 cm³/mol. The molecule has 0 aromatic carbocycles. The molecule has 0 aromatic heterocycles. The molecule has 7 N–H and O–H groups in total. The average molecular weight is 326 g/mol. The molecule has 22 heavy (non-hydrogen) atoms. The molecule has 2 aliphatic heterocycles. The third kappa shape index (κ3) is 2.99. The van der Waals surface area contributed by atoms with Gasteiger partial charge in [-0.25, -0.2) is 0 Å². The Morgan fingerprint density at radius 1 is 0.864 bits per heavy atom. The van der Waals surface area contributed by atoms with Gasteiger partial charge in [-0.1, -0.05) is 0 Å². The maximum Gasteiger partial charge on any atom is 0.197 e. The Morgan fingerprint density at radius 3 is 1.95 bits per heavy atom. The van der Waals surface area contributed by atoms with Crippen LogP contribution in [0.25, 0.3) is 0 Å². The van der Waals surface area contributed by atoms with E-state index in [0.717, 1.165) is 0 Å². The van der Waals surface area contributed by atoms with Crippen LogP contribution in [-0.4, -0.2) is 104 Å². The van der Waals surface area contributed by atoms with E-state index in [1.807, 2.05) is 0 Å². The lowest BCUT2D eigenvalue weighted by atomic mass is 9.99. The normalized spacial score (nSPS) is 52.9. The van der Waals surface area contributed by atoms with Crippen LogP contribution in [0, 0.1) is 0 Å². The van der Waals surface area contributed by atoms with E-state index in [2.05, 4.69) is 0 Å². The quantitative estimate of drug-likeness (QED) is 0.268. The fourth-order valence-electron chi connectivity index (χ4n) is 2.59. The Hall–Kier alpha value is -0.400. The molecule has 0 saturated carbocycles. The summed E-state index contributed by atoms with van der Waals surface area (Å²) in [6, 6.07) is 0. The van der Waals surface area contributed by atoms with Crippen molar-refractivity contribution in [3.05, 3.63) is 0 Å². The van der Waals surface area contributed by atoms with Crippen LogP contribution in [-0.2, 0) is 14.2 Å². The molecule has 130 valence electrons. The summed E-state index contributed by atoms with van der Waals surface area (Å²) in [6.45, 7) is 0.0661. The highest BCUT2D eigenvalue weighted by Crippen LogP contribution is 2.35. The molecule has 9 atom stereocenters. The SMILES string of the molecule is C[C@@]1(O[C@H]2O[C@H](CO)[C@@H](O)[C@H](O)[C@H]2O)O[C@H](CO)[C@@H](O)[C@@H]1O. The molecule has 0 spiro atoms. The van der Waals surface area contributed by atoms with Gasteiger partial charge in [0, 0.05) is 0 Å². The number of rotatable bonds is 4. The highest BCUT2D eigenvalue weighted by molar-refractivity contribution is 4.96. The van der Waals surface area contributed by atoms with Gasteiger partial charge in [-0.3, -0.25) is 0 Å². The largest absolute Gasteiger partial charge is 0.394 e. The standard InChI is InChI=1S/C12H22O10/c1-12(10(19)7(16)5(3-14)21-12)22-11-9(18)8(17)6(15)4(2-13)20-11/h4-11,13-19H,2-3H2,1H3/t4-,5-,6-,7-,8+,9-,10+,11-,12+/m1/s1. The predicted octanol–water partition coefficient (Wildman–Crippen LogP) is -4.37. The van der Waals surface area contributed by atoms with Gasteiger partial charge in [0.1, 0.15) is 42.7 Å². The molecule has 2 saturated heterocycles. The number of ether oxygens (including phenoxy) is 3. The molecule has 0 aromatic rings. The number of hydrogen-bond donors (Lipinski definition) is 7. The molecule has 10 heteroatoms. The fourth-order valence-corrected chi connectivity index (χ4v) is 2.59. The van der Waals surface area contributed by atoms with Crippen molar-refractivity contribution in [1.82, 2.24) is 0 Å². The summed E-state index contributed by atoms with van der Waals surface area (Å²) in [5, 5.41) is 67.1. The topological polar surface area (TPSA) is 169 Å². The van der Waals surface area contributed by atoms with Crippen molar-refractivity contribution in [1.29, 1.82) is 0 Å². The Kier molecular flexibility index (Phi) is 5.39. The lowest BCUT2D eigenvalue weighted by Gasteiger charge is -2.42. The van der Waals surface area contributed by atoms with E-state index < -0.39 is 68.0 Å². The van der Waals surface area contributed by atoms with Gasteiger partial charge in [0.15, 0.2) is 12.1 Å². The Labute approximate surface area is 126 Å². The monoisotopic (exact) mass is 326 g/mol. The summed E-state index contributed by atoms with van der Waals surface area (Å²) in [5.41, 5.74) is 0. The zero-order valence-electron chi connectivity index (χ0n) is 11.9. The molecule has 0 radical (unpaired) electrons. The fraction of sp³-hybridized carbons (Fsp3) is 1.00. The van der Waals surface area contributed by atoms with Gasteiger partial charge in [-0.15, -0.1) is 0 Å². The van der Waals surface area contributed by atoms with Crippen molar-refractivity contribution >= 4 is 0 Å². The van der Waals surface area contributed by atoms with E-state index >= 15 is 0 Å². The number of aliphatic hydroxyl groups excluding tert-OH is 7. The lowest BCUT2D eigenvalue weighted by molar-refractivity contribution is -0.373. The van der Waals surface area contributed by atoms with E-state index in [-0.39, 0.29) is 0 Å². The summed E-state index contributed by atoms with van der Waals surface area (Å²) in [4.78, 5) is 0. The summed E-state index contributed by atoms with van der Waals surface area (Å²) in [5.74, 6) is -1.82. The van der Waals surface area contributed by atoms with Gasteiger partial charge in [-0.2, -0.15) is 0 Å². The first kappa shape index (κ1) is 17.9. The average Bonchev–Trinajstić information content (AvgIpc) is 2.72. The van der Waals surface area contributed by atoms with Gasteiger partial charge < -0.3 is 50.0 Å². The third-order valence-electron chi connectivity index (χ3n) is 4.01. The van der Waals surface area contributed by atoms with Crippen molar-refractivity contribution in [2.45, 2.75) is 61.7 Å². The van der Waals surface area contributed by atoms with Gasteiger partial charge >= 0.3 is 0 Å². The van der Waals surface area contributed by atoms with Crippen LogP contribution >= 0.6 is 0 Å². The zero-order chi connectivity index (χ0) is 16.7. The van der Waals surface area contributed by atoms with E-state index in [1.165, 1.54) is 6.92 Å². The van der Waals surface area contributed by atoms with Gasteiger partial charge in [0.05, 0.1) is 13.2 Å². The lowest BCUT2D eigenvalue weighted by Crippen LogP contribution is -2.61. The molecule has 0 aliphatic carbocycles. The summed E-state index contributed by atoms with van der Waals surface area (Å²) >= 11 is 0. The van der Waals surface area contributed by atoms with Crippen LogP contribution in [0.5, 0.6) is 0 Å². The molecule has 2 fully saturated rings. The maximum atomic E-state index is 9.97. The van der Waals surface area contributed by atoms with Crippen LogP contribution in [0.2, 0.25) is 0 Å². The molecule has 2 aliphatic rings. The number of aliphatic hydroxyl groups is 7. The van der Waals surface area contributed by atoms with Crippen molar-refractivity contribution in [3.8, 4) is 0 Å². The van der Waals surface area contributed by atoms with Crippen molar-refractivity contribution in [2.24, 2.45) is 0 Å². The van der Waals surface area contributed by atoms with Crippen LogP contribution in [0.4, 0.5) is 0 Å². The summed E-state index contributed by atoms with van der Waals surface area (Å²) < 4.78 is 15.7. The van der Waals surface area contributed by atoms with Crippen LogP contribution < -0.4 is 0 Å². The van der Waals surface area contributed by atoms with E-state index in [4.69, 9.17) is 24.4 Å². The second kappa shape index (κ2) is 6.61. The molecular weight excluding hydrogens is 304 g/mol. The third-order valence-corrected chi connectivity index (χ3v) is 4.01. The summed E-state index contributed by atoms with van der Waals surface area (Å²) in [7, 11) is 0. The molecule has 10 nitrogen and oxygen atoms in total. The van der Waals surface area contributed by atoms with Crippen molar-refractivity contribution < 1.29 is 50.0 Å². The van der Waals surface area contributed by atoms with Gasteiger partial charge in [0.2, 0.25) is 0 Å². The highest BCUT2D eigenvalue weighted by Gasteiger charge is 2.55. The van der Waals surface area contributed by atoms with E-state index in [0.29, 0.717) is 0 Å². The minimum Gasteiger partial charge on any atom is -0.394 e. The highest BCUT2D eigenvalue weighted by atomic mass is 16.8. The van der Waals surface area contributed by atoms with Crippen LogP contribution in [0.1, 0.15) is 6.92 Å². The van der Waals surface area contributed by atoms with Gasteiger partial charge in [-0.05, 0) is 6.92 Å². The smallest absolute Gasteiger partial charge is 0.197 e. The minimum absolute atomic E-state index is 0.564. The van der Waals surface area contributed by atoms with Crippen molar-refractivity contribution in [2.75, 3.05) is 13.2 Å². The van der Waals surface area contributed by atoms with Crippen molar-refractivity contribution in [3.63, 3.8) is 0 Å². The molecule has 2 heterocycles. The molecular formula is C12H22O10. The Bertz CT molecular complexity index is 379. The molecule has 0 amide bonds. The van der Waals surface area contributed by atoms with E-state index in [9.17, 15) is 25.5 Å².